The van der Waals surface area contributed by atoms with Crippen molar-refractivity contribution >= 4 is 28.0 Å². The zero-order valence-corrected chi connectivity index (χ0v) is 18.5. The van der Waals surface area contributed by atoms with Crippen LogP contribution in [0.2, 0.25) is 0 Å². The first-order valence-corrected chi connectivity index (χ1v) is 10.1. The van der Waals surface area contributed by atoms with Gasteiger partial charge in [-0.2, -0.15) is 4.73 Å². The van der Waals surface area contributed by atoms with Crippen LogP contribution in [0.4, 0.5) is 4.79 Å². The van der Waals surface area contributed by atoms with Crippen LogP contribution in [0.25, 0.3) is 21.9 Å². The van der Waals surface area contributed by atoms with Gasteiger partial charge in [-0.1, -0.05) is 12.1 Å². The number of ether oxygens (including phenoxy) is 1. The van der Waals surface area contributed by atoms with E-state index >= 15 is 0 Å². The predicted molar refractivity (Wildman–Crippen MR) is 115 cm³/mol. The summed E-state index contributed by atoms with van der Waals surface area (Å²) in [4.78, 5) is 18.8. The van der Waals surface area contributed by atoms with Gasteiger partial charge in [-0.05, 0) is 47.6 Å². The Balaban J connectivity index is 2.15. The molecule has 3 rings (SSSR count). The van der Waals surface area contributed by atoms with Crippen LogP contribution in [-0.4, -0.2) is 43.4 Å². The first-order valence-electron chi connectivity index (χ1n) is 10.1. The van der Waals surface area contributed by atoms with Gasteiger partial charge in [-0.3, -0.25) is 0 Å². The Bertz CT molecular complexity index is 1080. The predicted octanol–water partition coefficient (Wildman–Crippen LogP) is 3.35. The maximum Gasteiger partial charge on any atom is 0.410 e. The lowest BCUT2D eigenvalue weighted by molar-refractivity contribution is -0.575. The number of hydrogen-bond acceptors (Lipinski definition) is 5. The molecular formula is C22H30N4O4. The number of imidazole rings is 1. The van der Waals surface area contributed by atoms with Crippen molar-refractivity contribution in [2.24, 2.45) is 0 Å². The summed E-state index contributed by atoms with van der Waals surface area (Å²) in [6, 6.07) is 7.29. The fraction of sp³-hybridized carbons (Fsp3) is 0.500. The van der Waals surface area contributed by atoms with Gasteiger partial charge in [0.1, 0.15) is 11.4 Å². The highest BCUT2D eigenvalue weighted by atomic mass is 16.6. The first kappa shape index (κ1) is 21.8. The van der Waals surface area contributed by atoms with Crippen molar-refractivity contribution in [2.75, 3.05) is 6.54 Å². The summed E-state index contributed by atoms with van der Waals surface area (Å²) in [5.74, 6) is 0.580. The SMILES string of the molecule is CCN(Cc1nc2c[n+]([O-])c3ccccc3c2n1CC(C)(C)O)C(=O)OC(C)(C)C. The highest BCUT2D eigenvalue weighted by Gasteiger charge is 2.27. The molecule has 0 aliphatic rings. The van der Waals surface area contributed by atoms with Gasteiger partial charge in [0.05, 0.1) is 29.6 Å². The molecule has 30 heavy (non-hydrogen) atoms. The van der Waals surface area contributed by atoms with Gasteiger partial charge in [0, 0.05) is 12.6 Å². The van der Waals surface area contributed by atoms with Gasteiger partial charge < -0.3 is 24.5 Å². The molecule has 0 bridgehead atoms. The van der Waals surface area contributed by atoms with E-state index in [-0.39, 0.29) is 13.1 Å². The molecule has 1 amide bonds. The van der Waals surface area contributed by atoms with Gasteiger partial charge in [-0.15, -0.1) is 0 Å². The minimum atomic E-state index is -1.02. The molecule has 1 aromatic carbocycles. The van der Waals surface area contributed by atoms with Crippen LogP contribution in [0.5, 0.6) is 0 Å². The lowest BCUT2D eigenvalue weighted by Crippen LogP contribution is -2.37. The van der Waals surface area contributed by atoms with Crippen LogP contribution in [-0.2, 0) is 17.8 Å². The number of pyridine rings is 1. The summed E-state index contributed by atoms with van der Waals surface area (Å²) in [5.41, 5.74) is 0.170. The summed E-state index contributed by atoms with van der Waals surface area (Å²) < 4.78 is 8.21. The molecule has 162 valence electrons. The second-order valence-electron chi connectivity index (χ2n) is 9.13. The molecule has 0 saturated heterocycles. The van der Waals surface area contributed by atoms with E-state index in [0.29, 0.717) is 23.4 Å². The molecule has 2 aromatic heterocycles. The number of nitrogens with zero attached hydrogens (tertiary/aromatic N) is 4. The molecule has 0 spiro atoms. The van der Waals surface area contributed by atoms with Crippen LogP contribution in [0.3, 0.4) is 0 Å². The average molecular weight is 415 g/mol. The second-order valence-corrected chi connectivity index (χ2v) is 9.13. The van der Waals surface area contributed by atoms with Crippen LogP contribution < -0.4 is 4.73 Å². The van der Waals surface area contributed by atoms with E-state index in [1.807, 2.05) is 50.5 Å². The molecule has 0 unspecified atom stereocenters. The van der Waals surface area contributed by atoms with Crippen LogP contribution in [0, 0.1) is 5.21 Å². The van der Waals surface area contributed by atoms with Crippen molar-refractivity contribution < 1.29 is 19.4 Å². The van der Waals surface area contributed by atoms with E-state index in [9.17, 15) is 15.1 Å². The normalized spacial score (nSPS) is 12.5. The third kappa shape index (κ3) is 4.64. The average Bonchev–Trinajstić information content (AvgIpc) is 2.93. The smallest absolute Gasteiger partial charge is 0.410 e. The van der Waals surface area contributed by atoms with Gasteiger partial charge in [-0.25, -0.2) is 9.78 Å². The van der Waals surface area contributed by atoms with Crippen molar-refractivity contribution in [3.8, 4) is 0 Å². The van der Waals surface area contributed by atoms with E-state index in [1.54, 1.807) is 24.8 Å². The number of aliphatic hydroxyl groups is 1. The summed E-state index contributed by atoms with van der Waals surface area (Å²) in [7, 11) is 0. The highest BCUT2D eigenvalue weighted by molar-refractivity contribution is 6.00. The quantitative estimate of drug-likeness (QED) is 0.510. The Morgan fingerprint density at radius 3 is 2.53 bits per heavy atom. The summed E-state index contributed by atoms with van der Waals surface area (Å²) in [6.07, 6.45) is 1.00. The molecular weight excluding hydrogens is 384 g/mol. The number of para-hydroxylation sites is 1. The summed E-state index contributed by atoms with van der Waals surface area (Å²) >= 11 is 0. The van der Waals surface area contributed by atoms with Gasteiger partial charge in [0.15, 0.2) is 5.52 Å². The Hall–Kier alpha value is -2.87. The van der Waals surface area contributed by atoms with E-state index < -0.39 is 17.3 Å². The van der Waals surface area contributed by atoms with Crippen LogP contribution in [0.1, 0.15) is 47.4 Å². The first-order chi connectivity index (χ1) is 13.9. The molecule has 8 heteroatoms. The minimum Gasteiger partial charge on any atom is -0.618 e. The summed E-state index contributed by atoms with van der Waals surface area (Å²) in [6.45, 7) is 11.7. The van der Waals surface area contributed by atoms with Crippen molar-refractivity contribution in [1.82, 2.24) is 14.5 Å². The maximum absolute atomic E-state index is 12.6. The molecule has 0 aliphatic heterocycles. The zero-order valence-electron chi connectivity index (χ0n) is 18.5. The van der Waals surface area contributed by atoms with E-state index in [0.717, 1.165) is 15.6 Å². The number of fused-ring (bicyclic) bond motifs is 3. The number of carbonyl (C=O) groups is 1. The van der Waals surface area contributed by atoms with Crippen LogP contribution in [0.15, 0.2) is 30.5 Å². The second kappa shape index (κ2) is 7.75. The topological polar surface area (TPSA) is 94.5 Å². The van der Waals surface area contributed by atoms with E-state index in [4.69, 9.17) is 4.74 Å². The Morgan fingerprint density at radius 2 is 1.93 bits per heavy atom. The molecule has 8 nitrogen and oxygen atoms in total. The van der Waals surface area contributed by atoms with Gasteiger partial charge in [0.2, 0.25) is 11.7 Å². The number of hydrogen-bond donors (Lipinski definition) is 1. The van der Waals surface area contributed by atoms with Crippen molar-refractivity contribution in [3.63, 3.8) is 0 Å². The number of carbonyl (C=O) groups excluding carboxylic acids is 1. The molecule has 0 atom stereocenters. The molecule has 0 fully saturated rings. The lowest BCUT2D eigenvalue weighted by atomic mass is 10.1. The minimum absolute atomic E-state index is 0.198. The lowest BCUT2D eigenvalue weighted by Gasteiger charge is -2.27. The summed E-state index contributed by atoms with van der Waals surface area (Å²) in [5, 5.41) is 23.8. The van der Waals surface area contributed by atoms with Gasteiger partial charge >= 0.3 is 6.09 Å². The standard InChI is InChI=1S/C22H30N4O4/c1-7-24(20(27)30-21(2,3)4)13-18-23-16-12-26(29)17-11-9-8-10-15(17)19(16)25(18)14-22(5,6)28/h8-12,28H,7,13-14H2,1-6H3. The van der Waals surface area contributed by atoms with Crippen LogP contribution >= 0.6 is 0 Å². The van der Waals surface area contributed by atoms with Crippen molar-refractivity contribution in [1.29, 1.82) is 0 Å². The zero-order chi connectivity index (χ0) is 22.3. The van der Waals surface area contributed by atoms with Gasteiger partial charge in [0.25, 0.3) is 0 Å². The largest absolute Gasteiger partial charge is 0.618 e. The molecule has 0 saturated carbocycles. The monoisotopic (exact) mass is 414 g/mol. The molecule has 3 aromatic rings. The number of rotatable bonds is 5. The highest BCUT2D eigenvalue weighted by Crippen LogP contribution is 2.26. The molecule has 2 heterocycles. The number of aromatic nitrogens is 3. The Morgan fingerprint density at radius 1 is 1.27 bits per heavy atom. The van der Waals surface area contributed by atoms with Crippen molar-refractivity contribution in [3.05, 3.63) is 41.5 Å². The van der Waals surface area contributed by atoms with Crippen molar-refractivity contribution in [2.45, 2.75) is 65.8 Å². The Kier molecular flexibility index (Phi) is 5.64. The fourth-order valence-electron chi connectivity index (χ4n) is 3.42. The third-order valence-corrected chi connectivity index (χ3v) is 4.62. The number of benzene rings is 1. The Labute approximate surface area is 176 Å². The molecule has 0 radical (unpaired) electrons. The fourth-order valence-corrected chi connectivity index (χ4v) is 3.42. The molecule has 0 aliphatic carbocycles. The maximum atomic E-state index is 12.6. The molecule has 1 N–H and O–H groups in total. The third-order valence-electron chi connectivity index (χ3n) is 4.62. The van der Waals surface area contributed by atoms with E-state index in [1.165, 1.54) is 6.20 Å². The number of amides is 1. The van der Waals surface area contributed by atoms with E-state index in [2.05, 4.69) is 4.98 Å².